The lowest BCUT2D eigenvalue weighted by atomic mass is 10.1. The van der Waals surface area contributed by atoms with Crippen LogP contribution in [0.3, 0.4) is 0 Å². The average molecular weight is 403 g/mol. The van der Waals surface area contributed by atoms with Gasteiger partial charge in [0.25, 0.3) is 5.91 Å². The van der Waals surface area contributed by atoms with Crippen LogP contribution in [0.4, 0.5) is 0 Å². The molecule has 1 heterocycles. The minimum atomic E-state index is -0.205. The largest absolute Gasteiger partial charge is 0.374 e. The highest BCUT2D eigenvalue weighted by Gasteiger charge is 2.23. The van der Waals surface area contributed by atoms with Crippen molar-refractivity contribution in [2.75, 3.05) is 26.2 Å². The molecule has 1 amide bonds. The molecule has 5 nitrogen and oxygen atoms in total. The molecule has 1 fully saturated rings. The molecule has 0 aliphatic carbocycles. The summed E-state index contributed by atoms with van der Waals surface area (Å²) in [6.45, 7) is 8.85. The number of benzene rings is 2. The fraction of sp³-hybridized carbons (Fsp3) is 0.360. The molecule has 5 heteroatoms. The number of piperazine rings is 1. The van der Waals surface area contributed by atoms with Gasteiger partial charge < -0.3 is 9.80 Å². The summed E-state index contributed by atoms with van der Waals surface area (Å²) in [6, 6.07) is 22.5. The molecule has 0 aromatic heterocycles. The fourth-order valence-corrected chi connectivity index (χ4v) is 3.63. The van der Waals surface area contributed by atoms with Crippen LogP contribution in [0.1, 0.15) is 25.0 Å². The molecule has 0 bridgehead atoms. The molecule has 2 aromatic carbocycles. The van der Waals surface area contributed by atoms with E-state index in [0.717, 1.165) is 38.3 Å². The summed E-state index contributed by atoms with van der Waals surface area (Å²) >= 11 is 0. The second kappa shape index (κ2) is 10.6. The van der Waals surface area contributed by atoms with Crippen LogP contribution in [0.15, 0.2) is 72.4 Å². The maximum Gasteiger partial charge on any atom is 0.266 e. The van der Waals surface area contributed by atoms with Crippen LogP contribution in [-0.4, -0.2) is 52.8 Å². The normalized spacial score (nSPS) is 15.1. The van der Waals surface area contributed by atoms with Gasteiger partial charge in [-0.15, -0.1) is 0 Å². The lowest BCUT2D eigenvalue weighted by Gasteiger charge is -2.34. The van der Waals surface area contributed by atoms with E-state index >= 15 is 0 Å². The predicted octanol–water partition coefficient (Wildman–Crippen LogP) is 3.65. The smallest absolute Gasteiger partial charge is 0.266 e. The first-order chi connectivity index (χ1) is 14.6. The summed E-state index contributed by atoms with van der Waals surface area (Å²) in [6.07, 6.45) is 1.75. The molecule has 1 saturated heterocycles. The molecule has 0 radical (unpaired) electrons. The summed E-state index contributed by atoms with van der Waals surface area (Å²) < 4.78 is 0. The van der Waals surface area contributed by atoms with Gasteiger partial charge >= 0.3 is 0 Å². The van der Waals surface area contributed by atoms with Crippen molar-refractivity contribution in [3.05, 3.63) is 83.6 Å². The van der Waals surface area contributed by atoms with E-state index in [1.54, 1.807) is 11.1 Å². The molecule has 1 aliphatic rings. The number of nitriles is 1. The molecular formula is C25H30N4O. The second-order valence-electron chi connectivity index (χ2n) is 7.96. The van der Waals surface area contributed by atoms with Gasteiger partial charge in [-0.3, -0.25) is 9.69 Å². The summed E-state index contributed by atoms with van der Waals surface area (Å²) in [5, 5.41) is 9.67. The van der Waals surface area contributed by atoms with Gasteiger partial charge in [0.1, 0.15) is 11.6 Å². The number of nitrogens with zero attached hydrogens (tertiary/aromatic N) is 4. The third-order valence-electron chi connectivity index (χ3n) is 5.40. The van der Waals surface area contributed by atoms with Gasteiger partial charge in [0, 0.05) is 51.5 Å². The zero-order chi connectivity index (χ0) is 21.3. The van der Waals surface area contributed by atoms with E-state index < -0.39 is 0 Å². The van der Waals surface area contributed by atoms with Gasteiger partial charge in [0.2, 0.25) is 0 Å². The van der Waals surface area contributed by atoms with Crippen LogP contribution in [0, 0.1) is 11.3 Å². The van der Waals surface area contributed by atoms with E-state index in [1.165, 1.54) is 5.56 Å². The highest BCUT2D eigenvalue weighted by Crippen LogP contribution is 2.14. The molecule has 1 aliphatic heterocycles. The van der Waals surface area contributed by atoms with E-state index in [1.807, 2.05) is 50.2 Å². The van der Waals surface area contributed by atoms with Crippen molar-refractivity contribution < 1.29 is 4.79 Å². The van der Waals surface area contributed by atoms with Crippen LogP contribution in [-0.2, 0) is 17.9 Å². The van der Waals surface area contributed by atoms with E-state index in [0.29, 0.717) is 6.54 Å². The Labute approximate surface area is 179 Å². The number of carbonyl (C=O) groups excluding carboxylic acids is 1. The molecule has 0 N–H and O–H groups in total. The molecule has 0 saturated carbocycles. The Kier molecular flexibility index (Phi) is 7.64. The molecular weight excluding hydrogens is 372 g/mol. The van der Waals surface area contributed by atoms with E-state index in [2.05, 4.69) is 40.1 Å². The first kappa shape index (κ1) is 21.6. The molecule has 156 valence electrons. The van der Waals surface area contributed by atoms with Gasteiger partial charge in [-0.2, -0.15) is 5.26 Å². The minimum Gasteiger partial charge on any atom is -0.374 e. The number of hydrogen-bond donors (Lipinski definition) is 0. The Bertz CT molecular complexity index is 878. The van der Waals surface area contributed by atoms with Crippen molar-refractivity contribution in [3.63, 3.8) is 0 Å². The lowest BCUT2D eigenvalue weighted by Crippen LogP contribution is -2.44. The van der Waals surface area contributed by atoms with Crippen LogP contribution in [0.5, 0.6) is 0 Å². The van der Waals surface area contributed by atoms with Gasteiger partial charge in [-0.1, -0.05) is 60.7 Å². The third-order valence-corrected chi connectivity index (χ3v) is 5.40. The van der Waals surface area contributed by atoms with Crippen molar-refractivity contribution in [3.8, 4) is 6.07 Å². The maximum absolute atomic E-state index is 13.1. The summed E-state index contributed by atoms with van der Waals surface area (Å²) in [5.74, 6) is -0.205. The molecule has 30 heavy (non-hydrogen) atoms. The first-order valence-corrected chi connectivity index (χ1v) is 10.5. The Morgan fingerprint density at radius 3 is 2.10 bits per heavy atom. The van der Waals surface area contributed by atoms with Crippen LogP contribution >= 0.6 is 0 Å². The van der Waals surface area contributed by atoms with Crippen LogP contribution in [0.2, 0.25) is 0 Å². The summed E-state index contributed by atoms with van der Waals surface area (Å²) in [5.41, 5.74) is 2.57. The zero-order valence-electron chi connectivity index (χ0n) is 17.9. The van der Waals surface area contributed by atoms with Crippen LogP contribution in [0.25, 0.3) is 0 Å². The molecule has 3 rings (SSSR count). The third kappa shape index (κ3) is 5.95. The standard InChI is InChI=1S/C25H30N4O/c1-21(2)29(19-23-11-7-4-8-12-23)25(30)24(17-26)20-28-15-13-27(14-16-28)18-22-9-5-3-6-10-22/h3-12,20-21H,13-16,18-19H2,1-2H3/b24-20-. The Morgan fingerprint density at radius 2 is 1.57 bits per heavy atom. The average Bonchev–Trinajstić information content (AvgIpc) is 2.78. The summed E-state index contributed by atoms with van der Waals surface area (Å²) in [7, 11) is 0. The SMILES string of the molecule is CC(C)N(Cc1ccccc1)C(=O)/C(C#N)=C\N1CCN(Cc2ccccc2)CC1. The highest BCUT2D eigenvalue weighted by atomic mass is 16.2. The van der Waals surface area contributed by atoms with Crippen molar-refractivity contribution in [2.24, 2.45) is 0 Å². The minimum absolute atomic E-state index is 0.0113. The lowest BCUT2D eigenvalue weighted by molar-refractivity contribution is -0.129. The van der Waals surface area contributed by atoms with Gasteiger partial charge in [0.15, 0.2) is 0 Å². The summed E-state index contributed by atoms with van der Waals surface area (Å²) in [4.78, 5) is 19.4. The molecule has 0 unspecified atom stereocenters. The van der Waals surface area contributed by atoms with E-state index in [-0.39, 0.29) is 17.5 Å². The molecule has 0 spiro atoms. The number of hydrogen-bond acceptors (Lipinski definition) is 4. The van der Waals surface area contributed by atoms with Crippen molar-refractivity contribution >= 4 is 5.91 Å². The molecule has 2 aromatic rings. The Morgan fingerprint density at radius 1 is 1.00 bits per heavy atom. The van der Waals surface area contributed by atoms with Gasteiger partial charge in [-0.25, -0.2) is 0 Å². The zero-order valence-corrected chi connectivity index (χ0v) is 17.9. The van der Waals surface area contributed by atoms with E-state index in [9.17, 15) is 10.1 Å². The Hall–Kier alpha value is -3.10. The van der Waals surface area contributed by atoms with Gasteiger partial charge in [0.05, 0.1) is 0 Å². The van der Waals surface area contributed by atoms with Gasteiger partial charge in [-0.05, 0) is 25.0 Å². The van der Waals surface area contributed by atoms with E-state index in [4.69, 9.17) is 0 Å². The quantitative estimate of drug-likeness (QED) is 0.524. The number of carbonyl (C=O) groups is 1. The fourth-order valence-electron chi connectivity index (χ4n) is 3.63. The van der Waals surface area contributed by atoms with Crippen molar-refractivity contribution in [1.29, 1.82) is 5.26 Å². The highest BCUT2D eigenvalue weighted by molar-refractivity contribution is 5.97. The first-order valence-electron chi connectivity index (χ1n) is 10.5. The predicted molar refractivity (Wildman–Crippen MR) is 119 cm³/mol. The van der Waals surface area contributed by atoms with Crippen molar-refractivity contribution in [1.82, 2.24) is 14.7 Å². The number of amides is 1. The maximum atomic E-state index is 13.1. The number of rotatable bonds is 7. The monoisotopic (exact) mass is 402 g/mol. The topological polar surface area (TPSA) is 50.6 Å². The Balaban J connectivity index is 1.61. The van der Waals surface area contributed by atoms with Crippen LogP contribution < -0.4 is 0 Å². The second-order valence-corrected chi connectivity index (χ2v) is 7.96. The molecule has 0 atom stereocenters. The van der Waals surface area contributed by atoms with Crippen molar-refractivity contribution in [2.45, 2.75) is 33.0 Å².